The lowest BCUT2D eigenvalue weighted by atomic mass is 10.1. The molecule has 17 nitrogen and oxygen atoms in total. The predicted octanol–water partition coefficient (Wildman–Crippen LogP) is 1.79. The molecule has 1 fully saturated rings. The molecule has 206 valence electrons. The third-order valence-corrected chi connectivity index (χ3v) is 7.71. The van der Waals surface area contributed by atoms with E-state index in [0.717, 1.165) is 17.0 Å². The Labute approximate surface area is 214 Å². The zero-order valence-corrected chi connectivity index (χ0v) is 21.1. The molecule has 37 heavy (non-hydrogen) atoms. The number of aliphatic hydroxyl groups is 2. The van der Waals surface area contributed by atoms with Gasteiger partial charge in [-0.05, 0) is 35.9 Å². The number of nitrogens with zero attached hydrogens (tertiary/aromatic N) is 5. The molecule has 0 saturated carbocycles. The highest BCUT2D eigenvalue weighted by atomic mass is 35.5. The van der Waals surface area contributed by atoms with Crippen molar-refractivity contribution < 1.29 is 42.8 Å². The summed E-state index contributed by atoms with van der Waals surface area (Å²) in [4.78, 5) is 23.8. The maximum Gasteiger partial charge on any atom is 0.433 e. The first kappa shape index (κ1) is 28.9. The smallest absolute Gasteiger partial charge is 0.403 e. The maximum absolute atomic E-state index is 13.6. The topological polar surface area (TPSA) is 232 Å². The SMILES string of the molecule is CN(CCCCCl)P(=O)(OCc1ccc([N+](=O)[O-])o1)OCC1OC(n2cnc([N+](=O)[O-])c2N)C(O)C1O. The van der Waals surface area contributed by atoms with Gasteiger partial charge < -0.3 is 35.2 Å². The summed E-state index contributed by atoms with van der Waals surface area (Å²) in [5.74, 6) is -1.17. The largest absolute Gasteiger partial charge is 0.433 e. The molecule has 19 heteroatoms. The molecular weight excluding hydrogens is 543 g/mol. The number of rotatable bonds is 14. The monoisotopic (exact) mass is 568 g/mol. The zero-order valence-electron chi connectivity index (χ0n) is 19.5. The Hall–Kier alpha value is -2.63. The van der Waals surface area contributed by atoms with Crippen LogP contribution < -0.4 is 5.73 Å². The number of nitrogen functional groups attached to an aromatic ring is 1. The van der Waals surface area contributed by atoms with E-state index in [1.165, 1.54) is 17.8 Å². The Bertz CT molecular complexity index is 1150. The highest BCUT2D eigenvalue weighted by Crippen LogP contribution is 2.52. The van der Waals surface area contributed by atoms with E-state index in [1.807, 2.05) is 0 Å². The van der Waals surface area contributed by atoms with Crippen LogP contribution in [0.1, 0.15) is 24.8 Å². The van der Waals surface area contributed by atoms with Crippen molar-refractivity contribution in [1.82, 2.24) is 14.2 Å². The fourth-order valence-corrected chi connectivity index (χ4v) is 5.12. The molecule has 1 aliphatic heterocycles. The molecule has 0 amide bonds. The van der Waals surface area contributed by atoms with Gasteiger partial charge in [0.1, 0.15) is 35.6 Å². The van der Waals surface area contributed by atoms with Gasteiger partial charge in [0.15, 0.2) is 6.23 Å². The Morgan fingerprint density at radius 2 is 1.97 bits per heavy atom. The standard InChI is InChI=1S/C18H26ClN6O11P/c1-22(7-3-2-6-19)37(32,33-8-11-4-5-13(35-11)24(28)29)34-9-12-14(26)15(27)18(36-12)23-10-21-17(16(23)20)25(30)31/h4-5,10,12,14-15,18,26-27H,2-3,6-9,20H2,1H3. The first-order chi connectivity index (χ1) is 17.5. The molecular formula is C18H26ClN6O11P. The van der Waals surface area contributed by atoms with Crippen LogP contribution in [0, 0.1) is 20.2 Å². The molecule has 2 aromatic rings. The molecule has 2 aromatic heterocycles. The fourth-order valence-electron chi connectivity index (χ4n) is 3.45. The highest BCUT2D eigenvalue weighted by molar-refractivity contribution is 7.51. The van der Waals surface area contributed by atoms with Crippen molar-refractivity contribution in [2.75, 3.05) is 31.8 Å². The molecule has 3 heterocycles. The number of nitro groups is 2. The molecule has 1 aliphatic rings. The third-order valence-electron chi connectivity index (χ3n) is 5.48. The summed E-state index contributed by atoms with van der Waals surface area (Å²) < 4.78 is 37.6. The lowest BCUT2D eigenvalue weighted by molar-refractivity contribution is -0.402. The molecule has 0 radical (unpaired) electrons. The minimum atomic E-state index is -4.08. The Kier molecular flexibility index (Phi) is 9.60. The van der Waals surface area contributed by atoms with Gasteiger partial charge in [-0.3, -0.25) is 23.7 Å². The summed E-state index contributed by atoms with van der Waals surface area (Å²) in [7, 11) is -2.62. The van der Waals surface area contributed by atoms with Crippen LogP contribution in [0.15, 0.2) is 22.9 Å². The van der Waals surface area contributed by atoms with Gasteiger partial charge in [0.05, 0.1) is 12.7 Å². The van der Waals surface area contributed by atoms with E-state index in [9.17, 15) is 35.0 Å². The second kappa shape index (κ2) is 12.3. The Morgan fingerprint density at radius 3 is 2.57 bits per heavy atom. The van der Waals surface area contributed by atoms with Crippen molar-refractivity contribution in [3.63, 3.8) is 0 Å². The number of hydrogen-bond donors (Lipinski definition) is 3. The van der Waals surface area contributed by atoms with Crippen LogP contribution in [0.5, 0.6) is 0 Å². The Balaban J connectivity index is 1.71. The van der Waals surface area contributed by atoms with E-state index in [0.29, 0.717) is 18.7 Å². The van der Waals surface area contributed by atoms with E-state index in [-0.39, 0.29) is 12.3 Å². The second-order valence-corrected chi connectivity index (χ2v) is 10.5. The Morgan fingerprint density at radius 1 is 1.24 bits per heavy atom. The number of aromatic nitrogens is 2. The average Bonchev–Trinajstić information content (AvgIpc) is 3.55. The van der Waals surface area contributed by atoms with Crippen LogP contribution in [0.4, 0.5) is 17.5 Å². The van der Waals surface area contributed by atoms with Crippen LogP contribution in [0.3, 0.4) is 0 Å². The molecule has 5 unspecified atom stereocenters. The van der Waals surface area contributed by atoms with Gasteiger partial charge in [-0.1, -0.05) is 0 Å². The predicted molar refractivity (Wildman–Crippen MR) is 126 cm³/mol. The minimum Gasteiger partial charge on any atom is -0.403 e. The number of halogens is 1. The second-order valence-electron chi connectivity index (χ2n) is 7.98. The van der Waals surface area contributed by atoms with Crippen molar-refractivity contribution >= 4 is 36.9 Å². The lowest BCUT2D eigenvalue weighted by Gasteiger charge is -2.28. The first-order valence-electron chi connectivity index (χ1n) is 10.9. The number of hydrogen-bond acceptors (Lipinski definition) is 13. The first-order valence-corrected chi connectivity index (χ1v) is 12.9. The van der Waals surface area contributed by atoms with E-state index in [4.69, 9.17) is 35.5 Å². The normalized spacial score (nSPS) is 23.4. The zero-order chi connectivity index (χ0) is 27.3. The highest BCUT2D eigenvalue weighted by Gasteiger charge is 2.47. The van der Waals surface area contributed by atoms with Gasteiger partial charge in [0.2, 0.25) is 12.1 Å². The number of furan rings is 1. The van der Waals surface area contributed by atoms with Gasteiger partial charge in [0.25, 0.3) is 0 Å². The molecule has 4 N–H and O–H groups in total. The number of nitrogens with two attached hydrogens (primary N) is 1. The molecule has 1 saturated heterocycles. The van der Waals surface area contributed by atoms with Gasteiger partial charge in [-0.25, -0.2) is 9.24 Å². The summed E-state index contributed by atoms with van der Waals surface area (Å²) in [6.07, 6.45) is -3.55. The number of ether oxygens (including phenoxy) is 1. The summed E-state index contributed by atoms with van der Waals surface area (Å²) in [6.45, 7) is -0.711. The molecule has 0 bridgehead atoms. The summed E-state index contributed by atoms with van der Waals surface area (Å²) in [6, 6.07) is 2.40. The van der Waals surface area contributed by atoms with Crippen LogP contribution in [0.25, 0.3) is 0 Å². The molecule has 5 atom stereocenters. The number of imidazole rings is 1. The molecule has 0 aliphatic carbocycles. The van der Waals surface area contributed by atoms with Crippen LogP contribution in [-0.4, -0.2) is 78.7 Å². The molecule has 0 spiro atoms. The number of alkyl halides is 1. The van der Waals surface area contributed by atoms with Gasteiger partial charge in [0, 0.05) is 12.4 Å². The number of unbranched alkanes of at least 4 members (excludes halogenated alkanes) is 1. The van der Waals surface area contributed by atoms with Crippen molar-refractivity contribution in [2.24, 2.45) is 0 Å². The third kappa shape index (κ3) is 6.63. The van der Waals surface area contributed by atoms with Crippen LogP contribution >= 0.6 is 19.3 Å². The molecule has 3 rings (SSSR count). The van der Waals surface area contributed by atoms with E-state index < -0.39 is 72.9 Å². The van der Waals surface area contributed by atoms with E-state index in [1.54, 1.807) is 0 Å². The van der Waals surface area contributed by atoms with Gasteiger partial charge in [-0.15, -0.1) is 11.6 Å². The van der Waals surface area contributed by atoms with Crippen molar-refractivity contribution in [3.8, 4) is 0 Å². The minimum absolute atomic E-state index is 0.0227. The summed E-state index contributed by atoms with van der Waals surface area (Å²) in [5, 5.41) is 42.7. The summed E-state index contributed by atoms with van der Waals surface area (Å²) >= 11 is 5.70. The van der Waals surface area contributed by atoms with E-state index in [2.05, 4.69) is 4.98 Å². The van der Waals surface area contributed by atoms with Crippen molar-refractivity contribution in [1.29, 1.82) is 0 Å². The summed E-state index contributed by atoms with van der Waals surface area (Å²) in [5.41, 5.74) is 5.72. The van der Waals surface area contributed by atoms with Crippen LogP contribution in [0.2, 0.25) is 0 Å². The lowest BCUT2D eigenvalue weighted by Crippen LogP contribution is -2.34. The molecule has 0 aromatic carbocycles. The number of aliphatic hydroxyl groups excluding tert-OH is 2. The van der Waals surface area contributed by atoms with Crippen molar-refractivity contribution in [2.45, 2.75) is 44.0 Å². The fraction of sp³-hybridized carbons (Fsp3) is 0.611. The number of anilines is 1. The average molecular weight is 569 g/mol. The van der Waals surface area contributed by atoms with Crippen molar-refractivity contribution in [3.05, 3.63) is 44.4 Å². The van der Waals surface area contributed by atoms with Gasteiger partial charge in [-0.2, -0.15) is 0 Å². The van der Waals surface area contributed by atoms with E-state index >= 15 is 0 Å². The van der Waals surface area contributed by atoms with Crippen LogP contribution in [-0.2, 0) is 25.0 Å². The maximum atomic E-state index is 13.6. The quantitative estimate of drug-likeness (QED) is 0.0969. The van der Waals surface area contributed by atoms with Gasteiger partial charge >= 0.3 is 19.4 Å².